The lowest BCUT2D eigenvalue weighted by Gasteiger charge is -2.37. The molecule has 1 aliphatic heterocycles. The summed E-state index contributed by atoms with van der Waals surface area (Å²) in [5, 5.41) is 9.86. The standard InChI is InChI=1S/C20H29ClN2O4/c1-13(14-9-10-17(24)15(21)12-14)26-18(22-5)16-8-6-7-11-23(16)19(25)27-20(2,3)4/h9-10,12-13,16,24H,6-8,11H2,1-5H3/b22-18-/t13?,16-/m1/s1. The molecule has 2 atom stereocenters. The molecule has 1 amide bonds. The number of phenolic OH excluding ortho intramolecular Hbond substituents is 1. The largest absolute Gasteiger partial charge is 0.506 e. The van der Waals surface area contributed by atoms with E-state index in [0.29, 0.717) is 12.4 Å². The maximum absolute atomic E-state index is 12.6. The van der Waals surface area contributed by atoms with E-state index in [0.717, 1.165) is 24.8 Å². The van der Waals surface area contributed by atoms with Gasteiger partial charge in [-0.1, -0.05) is 17.7 Å². The van der Waals surface area contributed by atoms with Crippen molar-refractivity contribution in [3.05, 3.63) is 28.8 Å². The number of likely N-dealkylation sites (tertiary alicyclic amines) is 1. The lowest BCUT2D eigenvalue weighted by molar-refractivity contribution is 0.0134. The fraction of sp³-hybridized carbons (Fsp3) is 0.600. The van der Waals surface area contributed by atoms with Crippen molar-refractivity contribution in [3.8, 4) is 5.75 Å². The third-order valence-corrected chi connectivity index (χ3v) is 4.68. The fourth-order valence-electron chi connectivity index (χ4n) is 3.03. The third-order valence-electron chi connectivity index (χ3n) is 4.37. The Morgan fingerprint density at radius 1 is 1.37 bits per heavy atom. The van der Waals surface area contributed by atoms with Crippen LogP contribution in [-0.4, -0.2) is 47.2 Å². The van der Waals surface area contributed by atoms with Gasteiger partial charge in [0.05, 0.1) is 5.02 Å². The van der Waals surface area contributed by atoms with Crippen molar-refractivity contribution >= 4 is 23.6 Å². The number of aliphatic imine (C=N–C) groups is 1. The minimum Gasteiger partial charge on any atom is -0.506 e. The predicted molar refractivity (Wildman–Crippen MR) is 107 cm³/mol. The molecule has 0 radical (unpaired) electrons. The van der Waals surface area contributed by atoms with Crippen molar-refractivity contribution in [3.63, 3.8) is 0 Å². The summed E-state index contributed by atoms with van der Waals surface area (Å²) in [6.45, 7) is 8.05. The summed E-state index contributed by atoms with van der Waals surface area (Å²) in [7, 11) is 1.66. The Labute approximate surface area is 166 Å². The first-order chi connectivity index (χ1) is 12.6. The quantitative estimate of drug-likeness (QED) is 0.580. The molecular weight excluding hydrogens is 368 g/mol. The van der Waals surface area contributed by atoms with Crippen LogP contribution in [0.3, 0.4) is 0 Å². The topological polar surface area (TPSA) is 71.4 Å². The Kier molecular flexibility index (Phi) is 6.98. The van der Waals surface area contributed by atoms with Gasteiger partial charge in [-0.2, -0.15) is 0 Å². The number of carbonyl (C=O) groups is 1. The molecule has 1 aromatic carbocycles. The maximum Gasteiger partial charge on any atom is 0.410 e. The minimum absolute atomic E-state index is 0.0281. The molecule has 7 heteroatoms. The monoisotopic (exact) mass is 396 g/mol. The Morgan fingerprint density at radius 2 is 2.07 bits per heavy atom. The molecule has 0 aromatic heterocycles. The average molecular weight is 397 g/mol. The SMILES string of the molecule is C/N=C(\OC(C)c1ccc(O)c(Cl)c1)[C@H]1CCCCN1C(=O)OC(C)(C)C. The van der Waals surface area contributed by atoms with Crippen LogP contribution in [0, 0.1) is 0 Å². The van der Waals surface area contributed by atoms with Gasteiger partial charge >= 0.3 is 6.09 Å². The van der Waals surface area contributed by atoms with E-state index >= 15 is 0 Å². The highest BCUT2D eigenvalue weighted by molar-refractivity contribution is 6.32. The second-order valence-corrected chi connectivity index (χ2v) is 8.13. The van der Waals surface area contributed by atoms with Gasteiger partial charge in [-0.05, 0) is 64.7 Å². The molecule has 1 unspecified atom stereocenters. The molecule has 1 heterocycles. The number of benzene rings is 1. The Bertz CT molecular complexity index is 700. The number of nitrogens with zero attached hydrogens (tertiary/aromatic N) is 2. The molecule has 1 aromatic rings. The Morgan fingerprint density at radius 3 is 2.67 bits per heavy atom. The van der Waals surface area contributed by atoms with E-state index in [9.17, 15) is 9.90 Å². The lowest BCUT2D eigenvalue weighted by atomic mass is 10.0. The second kappa shape index (κ2) is 8.83. The first kappa shape index (κ1) is 21.4. The second-order valence-electron chi connectivity index (χ2n) is 7.72. The van der Waals surface area contributed by atoms with Gasteiger partial charge in [0.2, 0.25) is 5.90 Å². The fourth-order valence-corrected chi connectivity index (χ4v) is 3.22. The molecule has 0 bridgehead atoms. The summed E-state index contributed by atoms with van der Waals surface area (Å²) in [5.74, 6) is 0.526. The molecule has 150 valence electrons. The van der Waals surface area contributed by atoms with Gasteiger partial charge in [0, 0.05) is 13.6 Å². The lowest BCUT2D eigenvalue weighted by Crippen LogP contribution is -2.50. The molecule has 1 N–H and O–H groups in total. The van der Waals surface area contributed by atoms with Crippen LogP contribution in [0.2, 0.25) is 5.02 Å². The number of carbonyl (C=O) groups excluding carboxylic acids is 1. The molecule has 27 heavy (non-hydrogen) atoms. The Hall–Kier alpha value is -1.95. The summed E-state index contributed by atoms with van der Waals surface area (Å²) in [4.78, 5) is 18.6. The zero-order valence-electron chi connectivity index (χ0n) is 16.7. The maximum atomic E-state index is 12.6. The number of hydrogen-bond acceptors (Lipinski definition) is 5. The number of ether oxygens (including phenoxy) is 2. The predicted octanol–water partition coefficient (Wildman–Crippen LogP) is 4.94. The first-order valence-corrected chi connectivity index (χ1v) is 9.61. The van der Waals surface area contributed by atoms with Crippen molar-refractivity contribution in [1.82, 2.24) is 4.90 Å². The minimum atomic E-state index is -0.556. The normalized spacial score (nSPS) is 19.6. The molecular formula is C20H29ClN2O4. The molecule has 0 aliphatic carbocycles. The van der Waals surface area contributed by atoms with E-state index in [-0.39, 0.29) is 29.0 Å². The van der Waals surface area contributed by atoms with Gasteiger partial charge in [-0.15, -0.1) is 0 Å². The van der Waals surface area contributed by atoms with Crippen LogP contribution in [0.1, 0.15) is 58.6 Å². The van der Waals surface area contributed by atoms with Gasteiger partial charge in [0.1, 0.15) is 23.5 Å². The molecule has 2 rings (SSSR count). The number of amides is 1. The summed E-state index contributed by atoms with van der Waals surface area (Å²) in [6, 6.07) is 4.70. The van der Waals surface area contributed by atoms with Crippen LogP contribution in [0.15, 0.2) is 23.2 Å². The van der Waals surface area contributed by atoms with Crippen molar-refractivity contribution in [2.45, 2.75) is 64.7 Å². The average Bonchev–Trinajstić information content (AvgIpc) is 2.60. The van der Waals surface area contributed by atoms with E-state index < -0.39 is 5.60 Å². The van der Waals surface area contributed by atoms with Crippen LogP contribution < -0.4 is 0 Å². The van der Waals surface area contributed by atoms with Gasteiger partial charge < -0.3 is 14.6 Å². The molecule has 6 nitrogen and oxygen atoms in total. The number of hydrogen-bond donors (Lipinski definition) is 1. The number of halogens is 1. The van der Waals surface area contributed by atoms with E-state index in [1.54, 1.807) is 24.1 Å². The first-order valence-electron chi connectivity index (χ1n) is 9.23. The number of aromatic hydroxyl groups is 1. The van der Waals surface area contributed by atoms with Gasteiger partial charge in [0.25, 0.3) is 0 Å². The Balaban J connectivity index is 2.15. The van der Waals surface area contributed by atoms with Crippen molar-refractivity contribution < 1.29 is 19.4 Å². The molecule has 1 aliphatic rings. The molecule has 0 spiro atoms. The van der Waals surface area contributed by atoms with Gasteiger partial charge in [-0.25, -0.2) is 4.79 Å². The summed E-state index contributed by atoms with van der Waals surface area (Å²) >= 11 is 6.00. The van der Waals surface area contributed by atoms with E-state index in [2.05, 4.69) is 4.99 Å². The van der Waals surface area contributed by atoms with Crippen molar-refractivity contribution in [2.75, 3.05) is 13.6 Å². The van der Waals surface area contributed by atoms with Crippen LogP contribution in [0.4, 0.5) is 4.79 Å². The highest BCUT2D eigenvalue weighted by Crippen LogP contribution is 2.29. The third kappa shape index (κ3) is 5.76. The molecule has 0 saturated carbocycles. The highest BCUT2D eigenvalue weighted by Gasteiger charge is 2.35. The van der Waals surface area contributed by atoms with E-state index in [1.807, 2.05) is 27.7 Å². The number of phenols is 1. The smallest absolute Gasteiger partial charge is 0.410 e. The summed E-state index contributed by atoms with van der Waals surface area (Å²) in [5.41, 5.74) is 0.262. The van der Waals surface area contributed by atoms with E-state index in [4.69, 9.17) is 21.1 Å². The highest BCUT2D eigenvalue weighted by atomic mass is 35.5. The molecule has 1 fully saturated rings. The van der Waals surface area contributed by atoms with Gasteiger partial charge in [0.15, 0.2) is 0 Å². The summed E-state index contributed by atoms with van der Waals surface area (Å²) in [6.07, 6.45) is 2.01. The van der Waals surface area contributed by atoms with Crippen LogP contribution in [-0.2, 0) is 9.47 Å². The zero-order chi connectivity index (χ0) is 20.2. The van der Waals surface area contributed by atoms with Gasteiger partial charge in [-0.3, -0.25) is 9.89 Å². The number of piperidine rings is 1. The number of rotatable bonds is 3. The van der Waals surface area contributed by atoms with Crippen LogP contribution in [0.25, 0.3) is 0 Å². The zero-order valence-corrected chi connectivity index (χ0v) is 17.4. The van der Waals surface area contributed by atoms with Crippen molar-refractivity contribution in [1.29, 1.82) is 0 Å². The molecule has 1 saturated heterocycles. The summed E-state index contributed by atoms with van der Waals surface area (Å²) < 4.78 is 11.6. The van der Waals surface area contributed by atoms with Crippen LogP contribution in [0.5, 0.6) is 5.75 Å². The van der Waals surface area contributed by atoms with Crippen LogP contribution >= 0.6 is 11.6 Å². The van der Waals surface area contributed by atoms with Crippen molar-refractivity contribution in [2.24, 2.45) is 4.99 Å². The van der Waals surface area contributed by atoms with E-state index in [1.165, 1.54) is 6.07 Å².